The van der Waals surface area contributed by atoms with E-state index in [1.807, 2.05) is 25.2 Å². The number of nitrogens with zero attached hydrogens (tertiary/aromatic N) is 1. The number of nitrogens with one attached hydrogen (secondary N) is 1. The van der Waals surface area contributed by atoms with Gasteiger partial charge in [0.05, 0.1) is 10.0 Å². The van der Waals surface area contributed by atoms with Gasteiger partial charge in [0.15, 0.2) is 18.2 Å². The van der Waals surface area contributed by atoms with E-state index in [-0.39, 0.29) is 34.9 Å². The summed E-state index contributed by atoms with van der Waals surface area (Å²) in [4.78, 5) is 42.0. The van der Waals surface area contributed by atoms with Gasteiger partial charge in [0, 0.05) is 54.0 Å². The lowest BCUT2D eigenvalue weighted by Gasteiger charge is -2.47. The molecular formula is C32H34Cl2N2O4. The van der Waals surface area contributed by atoms with Gasteiger partial charge in [-0.05, 0) is 59.6 Å². The van der Waals surface area contributed by atoms with Crippen molar-refractivity contribution < 1.29 is 19.1 Å². The van der Waals surface area contributed by atoms with Crippen LogP contribution in [-0.2, 0) is 14.4 Å². The molecule has 3 aliphatic rings. The second-order valence-electron chi connectivity index (χ2n) is 12.6. The number of Topliss-reactive ketones (excluding diaryl/α,β-unsaturated/α-hetero) is 2. The Morgan fingerprint density at radius 3 is 2.08 bits per heavy atom. The maximum absolute atomic E-state index is 13.7. The molecule has 0 saturated heterocycles. The van der Waals surface area contributed by atoms with Crippen LogP contribution in [0.3, 0.4) is 0 Å². The van der Waals surface area contributed by atoms with Crippen molar-refractivity contribution in [2.75, 3.05) is 19.0 Å². The number of allylic oxidation sites excluding steroid dienone is 4. The summed E-state index contributed by atoms with van der Waals surface area (Å²) in [6.07, 6.45) is 2.39. The molecule has 0 atom stereocenters. The van der Waals surface area contributed by atoms with Crippen molar-refractivity contribution in [2.24, 2.45) is 10.8 Å². The number of carbonyl (C=O) groups is 3. The lowest BCUT2D eigenvalue weighted by molar-refractivity contribution is -0.120. The molecule has 8 heteroatoms. The van der Waals surface area contributed by atoms with E-state index in [2.05, 4.69) is 37.9 Å². The Morgan fingerprint density at radius 2 is 1.50 bits per heavy atom. The fourth-order valence-corrected chi connectivity index (χ4v) is 6.50. The summed E-state index contributed by atoms with van der Waals surface area (Å²) in [6.45, 7) is 8.26. The summed E-state index contributed by atoms with van der Waals surface area (Å²) >= 11 is 12.0. The number of ether oxygens (including phenoxy) is 1. The highest BCUT2D eigenvalue weighted by Gasteiger charge is 2.48. The minimum atomic E-state index is -0.456. The number of hydrogen-bond acceptors (Lipinski definition) is 5. The molecular weight excluding hydrogens is 547 g/mol. The van der Waals surface area contributed by atoms with Crippen LogP contribution in [0.25, 0.3) is 0 Å². The van der Waals surface area contributed by atoms with Gasteiger partial charge in [-0.3, -0.25) is 14.4 Å². The van der Waals surface area contributed by atoms with Gasteiger partial charge in [-0.15, -0.1) is 0 Å². The second-order valence-corrected chi connectivity index (χ2v) is 13.4. The molecule has 1 heterocycles. The molecule has 2 aromatic rings. The van der Waals surface area contributed by atoms with Crippen LogP contribution in [0.1, 0.15) is 64.9 Å². The number of anilines is 1. The SMILES string of the molecule is CN1C2=C(C(=O)CC(C)(C)C2)C(c2cccc(OCC(=O)Nc3ccc(Cl)c(Cl)c3)c2)C2=C1CC(C)(C)CC2=O. The largest absolute Gasteiger partial charge is 0.484 e. The lowest BCUT2D eigenvalue weighted by Crippen LogP contribution is -2.43. The van der Waals surface area contributed by atoms with Gasteiger partial charge in [-0.2, -0.15) is 0 Å². The summed E-state index contributed by atoms with van der Waals surface area (Å²) in [6, 6.07) is 12.2. The van der Waals surface area contributed by atoms with E-state index in [4.69, 9.17) is 27.9 Å². The number of amides is 1. The summed E-state index contributed by atoms with van der Waals surface area (Å²) in [5.74, 6) is -0.161. The first kappa shape index (κ1) is 28.4. The second kappa shape index (κ2) is 10.4. The highest BCUT2D eigenvalue weighted by atomic mass is 35.5. The molecule has 210 valence electrons. The molecule has 1 aliphatic heterocycles. The Bertz CT molecular complexity index is 1430. The van der Waals surface area contributed by atoms with Crippen LogP contribution < -0.4 is 10.1 Å². The molecule has 1 amide bonds. The van der Waals surface area contributed by atoms with E-state index in [1.165, 1.54) is 0 Å². The molecule has 0 aromatic heterocycles. The zero-order valence-electron chi connectivity index (χ0n) is 23.5. The third-order valence-corrected chi connectivity index (χ3v) is 8.68. The number of rotatable bonds is 5. The molecule has 0 unspecified atom stereocenters. The van der Waals surface area contributed by atoms with Crippen LogP contribution in [0.5, 0.6) is 5.75 Å². The number of halogens is 2. The van der Waals surface area contributed by atoms with Gasteiger partial charge in [0.2, 0.25) is 0 Å². The van der Waals surface area contributed by atoms with Gasteiger partial charge in [0.1, 0.15) is 5.75 Å². The van der Waals surface area contributed by atoms with Crippen molar-refractivity contribution in [3.8, 4) is 5.75 Å². The molecule has 2 aromatic carbocycles. The average Bonchev–Trinajstić information content (AvgIpc) is 2.85. The van der Waals surface area contributed by atoms with Gasteiger partial charge in [-0.1, -0.05) is 63.0 Å². The molecule has 6 nitrogen and oxygen atoms in total. The fourth-order valence-electron chi connectivity index (χ4n) is 6.20. The highest BCUT2D eigenvalue weighted by molar-refractivity contribution is 6.42. The first-order valence-electron chi connectivity index (χ1n) is 13.5. The predicted molar refractivity (Wildman–Crippen MR) is 158 cm³/mol. The summed E-state index contributed by atoms with van der Waals surface area (Å²) in [5, 5.41) is 3.49. The van der Waals surface area contributed by atoms with Crippen molar-refractivity contribution in [3.05, 3.63) is 80.6 Å². The quantitative estimate of drug-likeness (QED) is 0.400. The van der Waals surface area contributed by atoms with Crippen molar-refractivity contribution in [3.63, 3.8) is 0 Å². The zero-order valence-corrected chi connectivity index (χ0v) is 25.0. The standard InChI is InChI=1S/C32H34Cl2N2O4/c1-31(2)13-23-29(25(37)15-31)28(30-24(36(23)5)14-32(3,4)16-26(30)38)18-7-6-8-20(11-18)40-17-27(39)35-19-9-10-21(33)22(34)12-19/h6-12,28H,13-17H2,1-5H3,(H,35,39). The molecule has 0 bridgehead atoms. The molecule has 0 saturated carbocycles. The number of benzene rings is 2. The molecule has 40 heavy (non-hydrogen) atoms. The van der Waals surface area contributed by atoms with E-state index in [0.29, 0.717) is 45.5 Å². The smallest absolute Gasteiger partial charge is 0.262 e. The minimum absolute atomic E-state index is 0.0830. The molecule has 0 spiro atoms. The minimum Gasteiger partial charge on any atom is -0.484 e. The zero-order chi connectivity index (χ0) is 29.0. The van der Waals surface area contributed by atoms with Crippen LogP contribution in [0, 0.1) is 10.8 Å². The Morgan fingerprint density at radius 1 is 0.900 bits per heavy atom. The number of ketones is 2. The summed E-state index contributed by atoms with van der Waals surface area (Å²) in [5.41, 5.74) is 4.44. The van der Waals surface area contributed by atoms with Crippen molar-refractivity contribution in [2.45, 2.75) is 59.3 Å². The predicted octanol–water partition coefficient (Wildman–Crippen LogP) is 7.33. The van der Waals surface area contributed by atoms with E-state index in [9.17, 15) is 14.4 Å². The summed E-state index contributed by atoms with van der Waals surface area (Å²) in [7, 11) is 2.00. The van der Waals surface area contributed by atoms with Crippen molar-refractivity contribution >= 4 is 46.4 Å². The van der Waals surface area contributed by atoms with Crippen LogP contribution >= 0.6 is 23.2 Å². The van der Waals surface area contributed by atoms with Gasteiger partial charge in [-0.25, -0.2) is 0 Å². The van der Waals surface area contributed by atoms with E-state index >= 15 is 0 Å². The average molecular weight is 582 g/mol. The first-order valence-corrected chi connectivity index (χ1v) is 14.2. The monoisotopic (exact) mass is 580 g/mol. The topological polar surface area (TPSA) is 75.7 Å². The van der Waals surface area contributed by atoms with Crippen LogP contribution in [-0.4, -0.2) is 36.0 Å². The van der Waals surface area contributed by atoms with Gasteiger partial charge < -0.3 is 15.0 Å². The molecule has 0 radical (unpaired) electrons. The van der Waals surface area contributed by atoms with Gasteiger partial charge in [0.25, 0.3) is 5.91 Å². The normalized spacial score (nSPS) is 20.3. The van der Waals surface area contributed by atoms with Gasteiger partial charge >= 0.3 is 0 Å². The third kappa shape index (κ3) is 5.57. The Hall–Kier alpha value is -3.09. The van der Waals surface area contributed by atoms with Crippen LogP contribution in [0.15, 0.2) is 65.0 Å². The summed E-state index contributed by atoms with van der Waals surface area (Å²) < 4.78 is 5.86. The molecule has 5 rings (SSSR count). The maximum atomic E-state index is 13.7. The Kier molecular flexibility index (Phi) is 7.38. The molecule has 0 fully saturated rings. The van der Waals surface area contributed by atoms with E-state index in [0.717, 1.165) is 29.8 Å². The number of hydrogen-bond donors (Lipinski definition) is 1. The van der Waals surface area contributed by atoms with Crippen LogP contribution in [0.4, 0.5) is 5.69 Å². The third-order valence-electron chi connectivity index (χ3n) is 7.94. The van der Waals surface area contributed by atoms with E-state index < -0.39 is 5.92 Å². The number of carbonyl (C=O) groups excluding carboxylic acids is 3. The lowest BCUT2D eigenvalue weighted by atomic mass is 9.64. The van der Waals surface area contributed by atoms with Crippen molar-refractivity contribution in [1.82, 2.24) is 4.90 Å². The Balaban J connectivity index is 1.46. The fraction of sp³-hybridized carbons (Fsp3) is 0.406. The molecule has 1 N–H and O–H groups in total. The highest BCUT2D eigenvalue weighted by Crippen LogP contribution is 2.54. The first-order chi connectivity index (χ1) is 18.7. The Labute approximate surface area is 245 Å². The van der Waals surface area contributed by atoms with Crippen molar-refractivity contribution in [1.29, 1.82) is 0 Å². The molecule has 2 aliphatic carbocycles. The van der Waals surface area contributed by atoms with E-state index in [1.54, 1.807) is 24.3 Å². The van der Waals surface area contributed by atoms with Crippen LogP contribution in [0.2, 0.25) is 10.0 Å². The maximum Gasteiger partial charge on any atom is 0.262 e.